The molecule has 2 aromatic heterocycles. The molecule has 0 spiro atoms. The highest BCUT2D eigenvalue weighted by Gasteiger charge is 2.17. The number of fused-ring (bicyclic) bond motifs is 1. The maximum atomic E-state index is 12.6. The minimum atomic E-state index is -0.266. The molecule has 0 atom stereocenters. The number of nitrogens with one attached hydrogen (secondary N) is 1. The molecule has 1 amide bonds. The molecule has 0 unspecified atom stereocenters. The Morgan fingerprint density at radius 2 is 1.81 bits per heavy atom. The fourth-order valence-electron chi connectivity index (χ4n) is 3.59. The maximum absolute atomic E-state index is 12.6. The van der Waals surface area contributed by atoms with Gasteiger partial charge in [0.05, 0.1) is 20.5 Å². The number of rotatable bonds is 6. The Kier molecular flexibility index (Phi) is 5.94. The largest absolute Gasteiger partial charge is 0.496 e. The van der Waals surface area contributed by atoms with Crippen molar-refractivity contribution < 1.29 is 18.7 Å². The van der Waals surface area contributed by atoms with Gasteiger partial charge in [-0.2, -0.15) is 0 Å². The van der Waals surface area contributed by atoms with Gasteiger partial charge < -0.3 is 19.2 Å². The molecule has 0 radical (unpaired) electrons. The van der Waals surface area contributed by atoms with Crippen LogP contribution in [0.3, 0.4) is 0 Å². The lowest BCUT2D eigenvalue weighted by Crippen LogP contribution is -2.10. The number of anilines is 1. The first-order valence-electron chi connectivity index (χ1n) is 10.1. The quantitative estimate of drug-likeness (QED) is 0.389. The van der Waals surface area contributed by atoms with Crippen LogP contribution >= 0.6 is 0 Å². The van der Waals surface area contributed by atoms with Gasteiger partial charge in [-0.1, -0.05) is 24.3 Å². The number of nitrogens with zero attached hydrogens (tertiary/aromatic N) is 1. The second-order valence-corrected chi connectivity index (χ2v) is 7.44. The fourth-order valence-corrected chi connectivity index (χ4v) is 3.59. The number of furan rings is 1. The van der Waals surface area contributed by atoms with Crippen molar-refractivity contribution in [3.8, 4) is 22.6 Å². The summed E-state index contributed by atoms with van der Waals surface area (Å²) in [6.45, 7) is 3.81. The zero-order valence-electron chi connectivity index (χ0n) is 18.4. The summed E-state index contributed by atoms with van der Waals surface area (Å²) >= 11 is 0. The lowest BCUT2D eigenvalue weighted by Gasteiger charge is -2.11. The van der Waals surface area contributed by atoms with Crippen LogP contribution in [0.15, 0.2) is 71.5 Å². The Bertz CT molecular complexity index is 1300. The first-order valence-corrected chi connectivity index (χ1v) is 10.1. The maximum Gasteiger partial charge on any atom is 0.249 e. The van der Waals surface area contributed by atoms with E-state index in [0.29, 0.717) is 17.2 Å². The predicted molar refractivity (Wildman–Crippen MR) is 126 cm³/mol. The molecule has 4 aromatic rings. The lowest BCUT2D eigenvalue weighted by atomic mass is 9.99. The van der Waals surface area contributed by atoms with Gasteiger partial charge in [-0.15, -0.1) is 0 Å². The highest BCUT2D eigenvalue weighted by Crippen LogP contribution is 2.40. The van der Waals surface area contributed by atoms with Gasteiger partial charge in [-0.05, 0) is 43.2 Å². The standard InChI is InChI=1S/C26H24N2O4/c1-16-9-10-25(27-14-16)28-26(29)11-17(2)19-12-20-21(15-32-24(20)13-23(19)31-4)18-7-5-6-8-22(18)30-3/h5-15H,1-4H3,(H,27,28,29)/b17-11+. The van der Waals surface area contributed by atoms with Crippen LogP contribution in [0.25, 0.3) is 27.7 Å². The van der Waals surface area contributed by atoms with Crippen molar-refractivity contribution >= 4 is 28.3 Å². The number of allylic oxidation sites excluding steroid dienone is 1. The SMILES string of the molecule is COc1cc2occ(-c3ccccc3OC)c2cc1/C(C)=C/C(=O)Nc1ccc(C)cn1. The minimum absolute atomic E-state index is 0.266. The molecule has 0 aliphatic rings. The van der Waals surface area contributed by atoms with Gasteiger partial charge in [0.25, 0.3) is 0 Å². The summed E-state index contributed by atoms with van der Waals surface area (Å²) in [4.78, 5) is 16.8. The first kappa shape index (κ1) is 21.2. The average molecular weight is 428 g/mol. The van der Waals surface area contributed by atoms with Crippen molar-refractivity contribution in [2.45, 2.75) is 13.8 Å². The highest BCUT2D eigenvalue weighted by atomic mass is 16.5. The number of aromatic nitrogens is 1. The molecule has 4 rings (SSSR count). The Morgan fingerprint density at radius 1 is 1.03 bits per heavy atom. The molecule has 0 fully saturated rings. The number of carbonyl (C=O) groups excluding carboxylic acids is 1. The number of benzene rings is 2. The van der Waals surface area contributed by atoms with Crippen molar-refractivity contribution in [1.29, 1.82) is 0 Å². The van der Waals surface area contributed by atoms with Crippen LogP contribution in [0.1, 0.15) is 18.1 Å². The second kappa shape index (κ2) is 8.98. The third-order valence-electron chi connectivity index (χ3n) is 5.23. The highest BCUT2D eigenvalue weighted by molar-refractivity contribution is 6.05. The Hall–Kier alpha value is -4.06. The summed E-state index contributed by atoms with van der Waals surface area (Å²) < 4.78 is 16.9. The molecule has 6 heteroatoms. The molecule has 6 nitrogen and oxygen atoms in total. The number of para-hydroxylation sites is 1. The van der Waals surface area contributed by atoms with Crippen LogP contribution in [-0.4, -0.2) is 25.1 Å². The number of carbonyl (C=O) groups is 1. The molecule has 2 aromatic carbocycles. The third kappa shape index (κ3) is 4.21. The van der Waals surface area contributed by atoms with E-state index in [1.54, 1.807) is 32.7 Å². The lowest BCUT2D eigenvalue weighted by molar-refractivity contribution is -0.111. The number of methoxy groups -OCH3 is 2. The molecule has 1 N–H and O–H groups in total. The van der Waals surface area contributed by atoms with Crippen LogP contribution < -0.4 is 14.8 Å². The zero-order chi connectivity index (χ0) is 22.7. The summed E-state index contributed by atoms with van der Waals surface area (Å²) in [6, 6.07) is 15.2. The number of hydrogen-bond acceptors (Lipinski definition) is 5. The third-order valence-corrected chi connectivity index (χ3v) is 5.23. The molecule has 2 heterocycles. The monoisotopic (exact) mass is 428 g/mol. The van der Waals surface area contributed by atoms with E-state index in [1.807, 2.05) is 56.3 Å². The van der Waals surface area contributed by atoms with E-state index in [4.69, 9.17) is 13.9 Å². The van der Waals surface area contributed by atoms with E-state index in [9.17, 15) is 4.79 Å². The number of ether oxygens (including phenoxy) is 2. The molecular weight excluding hydrogens is 404 g/mol. The van der Waals surface area contributed by atoms with E-state index >= 15 is 0 Å². The van der Waals surface area contributed by atoms with Gasteiger partial charge in [0.1, 0.15) is 22.9 Å². The van der Waals surface area contributed by atoms with Gasteiger partial charge in [0.15, 0.2) is 0 Å². The van der Waals surface area contributed by atoms with E-state index in [-0.39, 0.29) is 5.91 Å². The van der Waals surface area contributed by atoms with Crippen molar-refractivity contribution in [3.63, 3.8) is 0 Å². The summed E-state index contributed by atoms with van der Waals surface area (Å²) in [7, 11) is 3.24. The predicted octanol–water partition coefficient (Wildman–Crippen LogP) is 5.86. The summed E-state index contributed by atoms with van der Waals surface area (Å²) in [5.74, 6) is 1.61. The van der Waals surface area contributed by atoms with E-state index < -0.39 is 0 Å². The number of amides is 1. The summed E-state index contributed by atoms with van der Waals surface area (Å²) in [5, 5.41) is 3.69. The Balaban J connectivity index is 1.73. The van der Waals surface area contributed by atoms with Gasteiger partial charge in [-0.3, -0.25) is 4.79 Å². The van der Waals surface area contributed by atoms with Gasteiger partial charge >= 0.3 is 0 Å². The van der Waals surface area contributed by atoms with Gasteiger partial charge in [0.2, 0.25) is 5.91 Å². The smallest absolute Gasteiger partial charge is 0.249 e. The van der Waals surface area contributed by atoms with Crippen molar-refractivity contribution in [1.82, 2.24) is 4.98 Å². The summed E-state index contributed by atoms with van der Waals surface area (Å²) in [6.07, 6.45) is 4.95. The molecule has 0 saturated carbocycles. The van der Waals surface area contributed by atoms with E-state index in [0.717, 1.165) is 39.0 Å². The average Bonchev–Trinajstić information content (AvgIpc) is 3.22. The van der Waals surface area contributed by atoms with Crippen LogP contribution in [0, 0.1) is 6.92 Å². The van der Waals surface area contributed by atoms with Crippen molar-refractivity contribution in [2.75, 3.05) is 19.5 Å². The van der Waals surface area contributed by atoms with E-state index in [2.05, 4.69) is 10.3 Å². The zero-order valence-corrected chi connectivity index (χ0v) is 18.4. The second-order valence-electron chi connectivity index (χ2n) is 7.44. The topological polar surface area (TPSA) is 73.6 Å². The molecule has 0 aliphatic heterocycles. The number of pyridine rings is 1. The first-order chi connectivity index (χ1) is 15.5. The van der Waals surface area contributed by atoms with Crippen LogP contribution in [0.4, 0.5) is 5.82 Å². The molecule has 0 bridgehead atoms. The van der Waals surface area contributed by atoms with Crippen molar-refractivity contribution in [3.05, 3.63) is 78.2 Å². The van der Waals surface area contributed by atoms with Gasteiger partial charge in [-0.25, -0.2) is 4.98 Å². The van der Waals surface area contributed by atoms with Crippen LogP contribution in [-0.2, 0) is 4.79 Å². The summed E-state index contributed by atoms with van der Waals surface area (Å²) in [5.41, 5.74) is 5.09. The molecule has 0 saturated heterocycles. The Labute approximate surface area is 186 Å². The molecule has 162 valence electrons. The molecule has 32 heavy (non-hydrogen) atoms. The number of aryl methyl sites for hydroxylation is 1. The van der Waals surface area contributed by atoms with Crippen LogP contribution in [0.2, 0.25) is 0 Å². The van der Waals surface area contributed by atoms with E-state index in [1.165, 1.54) is 6.08 Å². The normalized spacial score (nSPS) is 11.4. The molecular formula is C26H24N2O4. The minimum Gasteiger partial charge on any atom is -0.496 e. The van der Waals surface area contributed by atoms with Gasteiger partial charge in [0, 0.05) is 40.4 Å². The van der Waals surface area contributed by atoms with Crippen LogP contribution in [0.5, 0.6) is 11.5 Å². The number of hydrogen-bond donors (Lipinski definition) is 1. The fraction of sp³-hybridized carbons (Fsp3) is 0.154. The molecule has 0 aliphatic carbocycles. The Morgan fingerprint density at radius 3 is 2.53 bits per heavy atom. The van der Waals surface area contributed by atoms with Crippen molar-refractivity contribution in [2.24, 2.45) is 0 Å².